The molecule has 1 aromatic rings. The van der Waals surface area contributed by atoms with E-state index in [-0.39, 0.29) is 30.1 Å². The highest BCUT2D eigenvalue weighted by Gasteiger charge is 2.38. The summed E-state index contributed by atoms with van der Waals surface area (Å²) in [5.74, 6) is 1.38. The summed E-state index contributed by atoms with van der Waals surface area (Å²) in [6.07, 6.45) is 8.47. The first kappa shape index (κ1) is 21.0. The van der Waals surface area contributed by atoms with Gasteiger partial charge in [-0.05, 0) is 38.0 Å². The molecule has 3 N–H and O–H groups in total. The normalized spacial score (nSPS) is 25.2. The molecule has 3 atom stereocenters. The number of hydrogen-bond donors (Lipinski definition) is 3. The van der Waals surface area contributed by atoms with Gasteiger partial charge in [0.1, 0.15) is 6.04 Å². The number of quaternary nitrogens is 1. The Balaban J connectivity index is 1.38. The van der Waals surface area contributed by atoms with Gasteiger partial charge in [0.05, 0.1) is 19.8 Å². The Hall–Kier alpha value is -2.28. The van der Waals surface area contributed by atoms with E-state index in [1.165, 1.54) is 11.3 Å². The van der Waals surface area contributed by atoms with Crippen molar-refractivity contribution in [2.24, 2.45) is 0 Å². The number of hydrogen-bond acceptors (Lipinski definition) is 4. The molecule has 3 amide bonds. The Morgan fingerprint density at radius 1 is 1.00 bits per heavy atom. The van der Waals surface area contributed by atoms with E-state index in [4.69, 9.17) is 9.47 Å². The summed E-state index contributed by atoms with van der Waals surface area (Å²) in [6.45, 7) is 4.16. The first-order chi connectivity index (χ1) is 14.6. The van der Waals surface area contributed by atoms with Gasteiger partial charge < -0.3 is 19.7 Å². The van der Waals surface area contributed by atoms with Gasteiger partial charge >= 0.3 is 6.03 Å². The summed E-state index contributed by atoms with van der Waals surface area (Å²) in [6, 6.07) is 5.88. The third kappa shape index (κ3) is 4.89. The second-order valence-corrected chi connectivity index (χ2v) is 8.80. The predicted octanol–water partition coefficient (Wildman–Crippen LogP) is 2.11. The van der Waals surface area contributed by atoms with Gasteiger partial charge in [-0.15, -0.1) is 0 Å². The number of rotatable bonds is 4. The zero-order valence-electron chi connectivity index (χ0n) is 17.9. The molecular formula is C23H34N3O4+. The minimum Gasteiger partial charge on any atom is -0.490 e. The van der Waals surface area contributed by atoms with E-state index < -0.39 is 0 Å². The molecule has 2 fully saturated rings. The fourth-order valence-corrected chi connectivity index (χ4v) is 5.02. The number of benzene rings is 1. The van der Waals surface area contributed by atoms with Crippen LogP contribution >= 0.6 is 0 Å². The van der Waals surface area contributed by atoms with Crippen LogP contribution in [-0.4, -0.2) is 43.8 Å². The molecule has 1 saturated carbocycles. The molecule has 0 radical (unpaired) electrons. The average molecular weight is 417 g/mol. The third-order valence-corrected chi connectivity index (χ3v) is 6.71. The second-order valence-electron chi connectivity index (χ2n) is 8.80. The van der Waals surface area contributed by atoms with E-state index in [1.54, 1.807) is 0 Å². The molecule has 7 nitrogen and oxygen atoms in total. The van der Waals surface area contributed by atoms with Crippen LogP contribution in [0.4, 0.5) is 4.79 Å². The van der Waals surface area contributed by atoms with Crippen molar-refractivity contribution < 1.29 is 24.0 Å². The molecular weight excluding hydrogens is 382 g/mol. The van der Waals surface area contributed by atoms with Gasteiger partial charge in [-0.1, -0.05) is 19.3 Å². The predicted molar refractivity (Wildman–Crippen MR) is 113 cm³/mol. The number of likely N-dealkylation sites (tertiary alicyclic amines) is 1. The molecule has 2 aliphatic heterocycles. The van der Waals surface area contributed by atoms with Crippen molar-refractivity contribution in [3.63, 3.8) is 0 Å². The van der Waals surface area contributed by atoms with Crippen LogP contribution in [-0.2, 0) is 4.79 Å². The molecule has 2 heterocycles. The number of ether oxygens (including phenoxy) is 2. The summed E-state index contributed by atoms with van der Waals surface area (Å²) in [4.78, 5) is 26.3. The van der Waals surface area contributed by atoms with Crippen LogP contribution in [0.3, 0.4) is 0 Å². The number of urea groups is 1. The first-order valence-corrected chi connectivity index (χ1v) is 11.5. The molecule has 1 saturated heterocycles. The molecule has 0 bridgehead atoms. The van der Waals surface area contributed by atoms with E-state index >= 15 is 0 Å². The lowest BCUT2D eigenvalue weighted by molar-refractivity contribution is -0.932. The molecule has 4 rings (SSSR count). The SMILES string of the molecule is C[C@H](C(=O)NC(=O)NC1CCCCC1)[NH+]1CCC[C@@H]1c1ccc2c(c1)OCCCO2. The van der Waals surface area contributed by atoms with Crippen molar-refractivity contribution >= 4 is 11.9 Å². The molecule has 0 spiro atoms. The molecule has 30 heavy (non-hydrogen) atoms. The molecule has 3 aliphatic rings. The quantitative estimate of drug-likeness (QED) is 0.702. The van der Waals surface area contributed by atoms with E-state index in [0.29, 0.717) is 13.2 Å². The van der Waals surface area contributed by atoms with Crippen LogP contribution in [0.15, 0.2) is 18.2 Å². The van der Waals surface area contributed by atoms with Gasteiger partial charge in [0.15, 0.2) is 17.5 Å². The standard InChI is InChI=1S/C23H33N3O4/c1-16(22(27)25-23(28)24-18-7-3-2-4-8-18)26-12-5-9-19(26)17-10-11-20-21(15-17)30-14-6-13-29-20/h10-11,15-16,18-19H,2-9,12-14H2,1H3,(H2,24,25,27,28)/p+1/t16-,19-/m1/s1. The van der Waals surface area contributed by atoms with Gasteiger partial charge in [0.25, 0.3) is 5.91 Å². The van der Waals surface area contributed by atoms with Gasteiger partial charge in [0.2, 0.25) is 0 Å². The zero-order valence-corrected chi connectivity index (χ0v) is 17.9. The smallest absolute Gasteiger partial charge is 0.321 e. The van der Waals surface area contributed by atoms with Crippen molar-refractivity contribution in [3.05, 3.63) is 23.8 Å². The zero-order chi connectivity index (χ0) is 20.9. The van der Waals surface area contributed by atoms with Gasteiger partial charge in [-0.2, -0.15) is 0 Å². The summed E-state index contributed by atoms with van der Waals surface area (Å²) in [5.41, 5.74) is 1.16. The topological polar surface area (TPSA) is 81.1 Å². The Bertz CT molecular complexity index is 763. The molecule has 7 heteroatoms. The molecule has 1 aromatic carbocycles. The maximum Gasteiger partial charge on any atom is 0.321 e. The van der Waals surface area contributed by atoms with E-state index in [0.717, 1.165) is 68.6 Å². The Kier molecular flexibility index (Phi) is 6.77. The summed E-state index contributed by atoms with van der Waals surface area (Å²) >= 11 is 0. The van der Waals surface area contributed by atoms with Crippen LogP contribution < -0.4 is 25.0 Å². The minimum absolute atomic E-state index is 0.190. The van der Waals surface area contributed by atoms with Crippen LogP contribution in [0, 0.1) is 0 Å². The van der Waals surface area contributed by atoms with Crippen molar-refractivity contribution in [2.45, 2.75) is 76.4 Å². The number of amides is 3. The maximum atomic E-state index is 12.8. The van der Waals surface area contributed by atoms with Crippen LogP contribution in [0.2, 0.25) is 0 Å². The number of carbonyl (C=O) groups excluding carboxylic acids is 2. The Morgan fingerprint density at radius 2 is 1.77 bits per heavy atom. The van der Waals surface area contributed by atoms with Gasteiger partial charge in [-0.25, -0.2) is 4.79 Å². The van der Waals surface area contributed by atoms with Gasteiger partial charge in [-0.3, -0.25) is 10.1 Å². The van der Waals surface area contributed by atoms with Crippen molar-refractivity contribution in [3.8, 4) is 11.5 Å². The van der Waals surface area contributed by atoms with Crippen molar-refractivity contribution in [1.29, 1.82) is 0 Å². The monoisotopic (exact) mass is 416 g/mol. The van der Waals surface area contributed by atoms with Crippen LogP contribution in [0.5, 0.6) is 11.5 Å². The number of carbonyl (C=O) groups is 2. The lowest BCUT2D eigenvalue weighted by Gasteiger charge is -2.28. The average Bonchev–Trinajstić information content (AvgIpc) is 3.12. The summed E-state index contributed by atoms with van der Waals surface area (Å²) in [5, 5.41) is 5.55. The highest BCUT2D eigenvalue weighted by Crippen LogP contribution is 2.33. The lowest BCUT2D eigenvalue weighted by atomic mass is 9.96. The van der Waals surface area contributed by atoms with Crippen LogP contribution in [0.25, 0.3) is 0 Å². The minimum atomic E-state index is -0.357. The number of fused-ring (bicyclic) bond motifs is 1. The van der Waals surface area contributed by atoms with Crippen molar-refractivity contribution in [2.75, 3.05) is 19.8 Å². The largest absolute Gasteiger partial charge is 0.490 e. The molecule has 1 aliphatic carbocycles. The van der Waals surface area contributed by atoms with E-state index in [1.807, 2.05) is 13.0 Å². The molecule has 0 aromatic heterocycles. The number of nitrogens with one attached hydrogen (secondary N) is 3. The molecule has 164 valence electrons. The fourth-order valence-electron chi connectivity index (χ4n) is 5.02. The fraction of sp³-hybridized carbons (Fsp3) is 0.652. The number of imide groups is 1. The highest BCUT2D eigenvalue weighted by atomic mass is 16.5. The van der Waals surface area contributed by atoms with E-state index in [9.17, 15) is 9.59 Å². The van der Waals surface area contributed by atoms with Gasteiger partial charge in [0, 0.05) is 30.9 Å². The molecule has 1 unspecified atom stereocenters. The van der Waals surface area contributed by atoms with Crippen LogP contribution in [0.1, 0.15) is 69.9 Å². The third-order valence-electron chi connectivity index (χ3n) is 6.71. The summed E-state index contributed by atoms with van der Waals surface area (Å²) < 4.78 is 11.6. The Morgan fingerprint density at radius 3 is 2.57 bits per heavy atom. The summed E-state index contributed by atoms with van der Waals surface area (Å²) in [7, 11) is 0. The lowest BCUT2D eigenvalue weighted by Crippen LogP contribution is -3.15. The second kappa shape index (κ2) is 9.69. The highest BCUT2D eigenvalue weighted by molar-refractivity contribution is 5.96. The maximum absolute atomic E-state index is 12.8. The Labute approximate surface area is 178 Å². The van der Waals surface area contributed by atoms with Crippen molar-refractivity contribution in [1.82, 2.24) is 10.6 Å². The first-order valence-electron chi connectivity index (χ1n) is 11.5. The van der Waals surface area contributed by atoms with E-state index in [2.05, 4.69) is 22.8 Å².